The lowest BCUT2D eigenvalue weighted by atomic mass is 9.87. The van der Waals surface area contributed by atoms with Gasteiger partial charge in [-0.1, -0.05) is 87.6 Å². The van der Waals surface area contributed by atoms with E-state index in [0.717, 1.165) is 36.1 Å². The van der Waals surface area contributed by atoms with Crippen LogP contribution in [0.25, 0.3) is 6.08 Å². The molecule has 0 unspecified atom stereocenters. The quantitative estimate of drug-likeness (QED) is 0.260. The van der Waals surface area contributed by atoms with Crippen molar-refractivity contribution in [1.29, 1.82) is 0 Å². The third kappa shape index (κ3) is 7.27. The molecule has 6 heteroatoms. The minimum absolute atomic E-state index is 0.0200. The highest BCUT2D eigenvalue weighted by Crippen LogP contribution is 2.33. The molecule has 0 spiro atoms. The number of thiocarbonyl (C=S) groups is 1. The number of benzene rings is 2. The Hall–Kier alpha value is -2.44. The molecule has 33 heavy (non-hydrogen) atoms. The zero-order chi connectivity index (χ0) is 24.0. The number of nitrogens with zero attached hydrogens (tertiary/aromatic N) is 1. The molecule has 0 atom stereocenters. The maximum Gasteiger partial charge on any atom is 0.266 e. The Labute approximate surface area is 206 Å². The van der Waals surface area contributed by atoms with Crippen LogP contribution in [0.15, 0.2) is 53.4 Å². The van der Waals surface area contributed by atoms with E-state index in [1.165, 1.54) is 17.3 Å². The van der Waals surface area contributed by atoms with Crippen LogP contribution in [0.2, 0.25) is 0 Å². The molecule has 2 aromatic rings. The van der Waals surface area contributed by atoms with Gasteiger partial charge in [0.25, 0.3) is 5.91 Å². The minimum atomic E-state index is -0.0258. The molecule has 4 nitrogen and oxygen atoms in total. The van der Waals surface area contributed by atoms with Gasteiger partial charge in [0.1, 0.15) is 4.32 Å². The summed E-state index contributed by atoms with van der Waals surface area (Å²) in [6, 6.07) is 16.1. The number of aryl methyl sites for hydroxylation is 1. The van der Waals surface area contributed by atoms with Crippen LogP contribution >= 0.6 is 24.0 Å². The van der Waals surface area contributed by atoms with E-state index in [4.69, 9.17) is 12.2 Å². The van der Waals surface area contributed by atoms with Crippen LogP contribution in [0.4, 0.5) is 5.69 Å². The summed E-state index contributed by atoms with van der Waals surface area (Å²) < 4.78 is 0.606. The Morgan fingerprint density at radius 3 is 2.48 bits per heavy atom. The van der Waals surface area contributed by atoms with Crippen molar-refractivity contribution < 1.29 is 9.59 Å². The third-order valence-corrected chi connectivity index (χ3v) is 6.91. The molecular weight excluding hydrogens is 448 g/mol. The van der Waals surface area contributed by atoms with Gasteiger partial charge in [0.2, 0.25) is 5.91 Å². The van der Waals surface area contributed by atoms with Gasteiger partial charge in [-0.2, -0.15) is 0 Å². The van der Waals surface area contributed by atoms with Gasteiger partial charge < -0.3 is 5.32 Å². The van der Waals surface area contributed by atoms with Gasteiger partial charge in [0, 0.05) is 18.7 Å². The van der Waals surface area contributed by atoms with Crippen molar-refractivity contribution in [2.24, 2.45) is 0 Å². The number of anilines is 1. The molecule has 1 heterocycles. The van der Waals surface area contributed by atoms with Gasteiger partial charge in [-0.3, -0.25) is 14.5 Å². The van der Waals surface area contributed by atoms with Gasteiger partial charge >= 0.3 is 0 Å². The summed E-state index contributed by atoms with van der Waals surface area (Å²) in [7, 11) is 0. The second kappa shape index (κ2) is 11.1. The molecular formula is C27H32N2O2S2. The number of thioether (sulfide) groups is 1. The predicted octanol–water partition coefficient (Wildman–Crippen LogP) is 6.69. The average Bonchev–Trinajstić information content (AvgIpc) is 3.00. The van der Waals surface area contributed by atoms with E-state index in [-0.39, 0.29) is 17.2 Å². The van der Waals surface area contributed by atoms with Crippen LogP contribution in [0.5, 0.6) is 0 Å². The van der Waals surface area contributed by atoms with Gasteiger partial charge in [0.15, 0.2) is 0 Å². The van der Waals surface area contributed by atoms with E-state index < -0.39 is 0 Å². The molecule has 0 saturated carbocycles. The van der Waals surface area contributed by atoms with Crippen LogP contribution in [0, 0.1) is 6.92 Å². The van der Waals surface area contributed by atoms with E-state index in [1.54, 1.807) is 4.90 Å². The highest BCUT2D eigenvalue weighted by molar-refractivity contribution is 8.26. The first-order valence-corrected chi connectivity index (χ1v) is 12.6. The standard InChI is InChI=1S/C27H32N2O2S2/c1-19-9-8-10-22(17-19)28-24(30)11-6-5-7-16-29-25(31)23(33-26(29)32)18-20-12-14-21(15-13-20)27(2,3)4/h8-10,12-15,17-18H,5-7,11,16H2,1-4H3,(H,28,30)/b23-18-. The molecule has 174 valence electrons. The summed E-state index contributed by atoms with van der Waals surface area (Å²) in [6.45, 7) is 9.14. The number of hydrogen-bond acceptors (Lipinski definition) is 4. The lowest BCUT2D eigenvalue weighted by molar-refractivity contribution is -0.122. The maximum atomic E-state index is 12.8. The molecule has 1 aliphatic heterocycles. The van der Waals surface area contributed by atoms with E-state index in [0.29, 0.717) is 22.2 Å². The summed E-state index contributed by atoms with van der Waals surface area (Å²) in [5.74, 6) is -0.00582. The predicted molar refractivity (Wildman–Crippen MR) is 143 cm³/mol. The Bertz CT molecular complexity index is 1050. The van der Waals surface area contributed by atoms with Gasteiger partial charge in [-0.15, -0.1) is 0 Å². The number of unbranched alkanes of at least 4 members (excludes halogenated alkanes) is 2. The molecule has 1 aliphatic rings. The van der Waals surface area contributed by atoms with Crippen LogP contribution in [0.1, 0.15) is 63.1 Å². The lowest BCUT2D eigenvalue weighted by Gasteiger charge is -2.18. The summed E-state index contributed by atoms with van der Waals surface area (Å²) >= 11 is 6.81. The van der Waals surface area contributed by atoms with E-state index in [9.17, 15) is 9.59 Å². The number of nitrogens with one attached hydrogen (secondary N) is 1. The van der Waals surface area contributed by atoms with Crippen LogP contribution in [-0.4, -0.2) is 27.6 Å². The zero-order valence-corrected chi connectivity index (χ0v) is 21.4. The van der Waals surface area contributed by atoms with E-state index in [2.05, 4.69) is 50.4 Å². The summed E-state index contributed by atoms with van der Waals surface area (Å²) in [5.41, 5.74) is 4.32. The van der Waals surface area contributed by atoms with E-state index >= 15 is 0 Å². The van der Waals surface area contributed by atoms with Crippen molar-refractivity contribution in [3.8, 4) is 0 Å². The van der Waals surface area contributed by atoms with Gasteiger partial charge in [0.05, 0.1) is 4.91 Å². The van der Waals surface area contributed by atoms with Crippen molar-refractivity contribution in [3.05, 3.63) is 70.1 Å². The van der Waals surface area contributed by atoms with Crippen molar-refractivity contribution in [2.75, 3.05) is 11.9 Å². The van der Waals surface area contributed by atoms with E-state index in [1.807, 2.05) is 37.3 Å². The first kappa shape index (κ1) is 25.2. The number of rotatable bonds is 8. The molecule has 0 aliphatic carbocycles. The highest BCUT2D eigenvalue weighted by atomic mass is 32.2. The molecule has 1 saturated heterocycles. The largest absolute Gasteiger partial charge is 0.326 e. The fourth-order valence-electron chi connectivity index (χ4n) is 3.60. The molecule has 1 N–H and O–H groups in total. The monoisotopic (exact) mass is 480 g/mol. The maximum absolute atomic E-state index is 12.8. The number of carbonyl (C=O) groups is 2. The number of amides is 2. The zero-order valence-electron chi connectivity index (χ0n) is 19.8. The normalized spacial score (nSPS) is 15.4. The average molecular weight is 481 g/mol. The first-order valence-electron chi connectivity index (χ1n) is 11.4. The SMILES string of the molecule is Cc1cccc(NC(=O)CCCCCN2C(=O)/C(=C/c3ccc(C(C)(C)C)cc3)SC2=S)c1. The third-order valence-electron chi connectivity index (χ3n) is 5.54. The molecule has 2 amide bonds. The molecule has 1 fully saturated rings. The van der Waals surface area contributed by atoms with Gasteiger partial charge in [-0.05, 0) is 60.1 Å². The molecule has 0 radical (unpaired) electrons. The molecule has 0 aromatic heterocycles. The topological polar surface area (TPSA) is 49.4 Å². The molecule has 0 bridgehead atoms. The number of carbonyl (C=O) groups excluding carboxylic acids is 2. The van der Waals surface area contributed by atoms with Gasteiger partial charge in [-0.25, -0.2) is 0 Å². The summed E-state index contributed by atoms with van der Waals surface area (Å²) in [5, 5.41) is 2.93. The Kier molecular flexibility index (Phi) is 8.49. The lowest BCUT2D eigenvalue weighted by Crippen LogP contribution is -2.29. The fraction of sp³-hybridized carbons (Fsp3) is 0.370. The van der Waals surface area contributed by atoms with Crippen molar-refractivity contribution in [1.82, 2.24) is 4.90 Å². The first-order chi connectivity index (χ1) is 15.6. The fourth-order valence-corrected chi connectivity index (χ4v) is 4.91. The van der Waals surface area contributed by atoms with Crippen LogP contribution in [-0.2, 0) is 15.0 Å². The van der Waals surface area contributed by atoms with Crippen molar-refractivity contribution in [3.63, 3.8) is 0 Å². The Morgan fingerprint density at radius 1 is 1.09 bits per heavy atom. The van der Waals surface area contributed by atoms with Crippen molar-refractivity contribution in [2.45, 2.75) is 58.8 Å². The molecule has 2 aromatic carbocycles. The second-order valence-electron chi connectivity index (χ2n) is 9.43. The smallest absolute Gasteiger partial charge is 0.266 e. The number of hydrogen-bond donors (Lipinski definition) is 1. The van der Waals surface area contributed by atoms with Crippen LogP contribution in [0.3, 0.4) is 0 Å². The summed E-state index contributed by atoms with van der Waals surface area (Å²) in [4.78, 5) is 27.3. The van der Waals surface area contributed by atoms with Crippen molar-refractivity contribution >= 4 is 51.9 Å². The summed E-state index contributed by atoms with van der Waals surface area (Å²) in [6.07, 6.45) is 4.85. The minimum Gasteiger partial charge on any atom is -0.326 e. The highest BCUT2D eigenvalue weighted by Gasteiger charge is 2.31. The van der Waals surface area contributed by atoms with Crippen LogP contribution < -0.4 is 5.32 Å². The molecule has 3 rings (SSSR count). The Balaban J connectivity index is 1.44. The Morgan fingerprint density at radius 2 is 1.82 bits per heavy atom. The second-order valence-corrected chi connectivity index (χ2v) is 11.1.